The second-order valence-electron chi connectivity index (χ2n) is 10.3. The van der Waals surface area contributed by atoms with Crippen molar-refractivity contribution >= 4 is 23.8 Å². The molecule has 1 unspecified atom stereocenters. The number of fused-ring (bicyclic) bond motifs is 1. The van der Waals surface area contributed by atoms with Crippen LogP contribution in [0.4, 0.5) is 5.69 Å². The first-order valence-corrected chi connectivity index (χ1v) is 13.0. The lowest BCUT2D eigenvalue weighted by Gasteiger charge is -2.48. The van der Waals surface area contributed by atoms with Crippen molar-refractivity contribution in [1.82, 2.24) is 15.1 Å². The molecule has 0 radical (unpaired) electrons. The summed E-state index contributed by atoms with van der Waals surface area (Å²) in [7, 11) is 0.872. The standard InChI is InChI=1S/C27H34N4O10/c1-28-23(34)25(37,27(40,41)24(35,36)16-32)31-22(33)19-9-6-10-20(21(19)26(31,38)39)29-14-17-7-5-8-18(13-17)15-30-11-3-2-4-12-30/h5-10,13,16,29,35-41H,2-4,11-12,14-15H2,1H3,(H,28,34). The van der Waals surface area contributed by atoms with Crippen molar-refractivity contribution in [3.8, 4) is 0 Å². The van der Waals surface area contributed by atoms with Gasteiger partial charge in [-0.1, -0.05) is 36.8 Å². The Bertz CT molecular complexity index is 1320. The number of benzene rings is 2. The quantitative estimate of drug-likeness (QED) is 0.109. The van der Waals surface area contributed by atoms with E-state index < -0.39 is 57.3 Å². The molecule has 14 heteroatoms. The summed E-state index contributed by atoms with van der Waals surface area (Å²) in [5.41, 5.74) is -3.38. The zero-order valence-electron chi connectivity index (χ0n) is 22.3. The number of hydrogen-bond acceptors (Lipinski definition) is 12. The molecule has 2 amide bonds. The molecule has 1 atom stereocenters. The number of likely N-dealkylation sites (tertiary alicyclic amines) is 1. The van der Waals surface area contributed by atoms with Crippen LogP contribution in [0.3, 0.4) is 0 Å². The second kappa shape index (κ2) is 11.1. The number of rotatable bonds is 10. The summed E-state index contributed by atoms with van der Waals surface area (Å²) in [6, 6.07) is 11.6. The molecular weight excluding hydrogens is 540 g/mol. The van der Waals surface area contributed by atoms with Gasteiger partial charge in [0.1, 0.15) is 0 Å². The van der Waals surface area contributed by atoms with Gasteiger partial charge >= 0.3 is 0 Å². The number of aliphatic hydroxyl groups is 7. The molecule has 1 saturated heterocycles. The fourth-order valence-corrected chi connectivity index (χ4v) is 5.33. The first-order chi connectivity index (χ1) is 19.2. The number of likely N-dealkylation sites (N-methyl/N-ethyl adjacent to an activating group) is 1. The van der Waals surface area contributed by atoms with Gasteiger partial charge in [-0.15, -0.1) is 0 Å². The number of carbonyl (C=O) groups is 3. The number of hydrogen-bond donors (Lipinski definition) is 9. The van der Waals surface area contributed by atoms with E-state index in [-0.39, 0.29) is 12.2 Å². The minimum Gasteiger partial charge on any atom is -0.380 e. The van der Waals surface area contributed by atoms with Gasteiger partial charge in [-0.2, -0.15) is 0 Å². The molecule has 2 aliphatic heterocycles. The fraction of sp³-hybridized carbons (Fsp3) is 0.444. The van der Waals surface area contributed by atoms with Gasteiger partial charge in [0.05, 0.1) is 11.1 Å². The monoisotopic (exact) mass is 574 g/mol. The molecule has 0 aromatic heterocycles. The van der Waals surface area contributed by atoms with Crippen molar-refractivity contribution < 1.29 is 50.1 Å². The van der Waals surface area contributed by atoms with E-state index >= 15 is 0 Å². The Balaban J connectivity index is 1.67. The average molecular weight is 575 g/mol. The molecule has 14 nitrogen and oxygen atoms in total. The van der Waals surface area contributed by atoms with Gasteiger partial charge < -0.3 is 46.4 Å². The lowest BCUT2D eigenvalue weighted by atomic mass is 9.91. The molecule has 9 N–H and O–H groups in total. The van der Waals surface area contributed by atoms with Crippen molar-refractivity contribution in [2.75, 3.05) is 25.5 Å². The molecule has 2 aromatic rings. The maximum absolute atomic E-state index is 13.4. The van der Waals surface area contributed by atoms with Gasteiger partial charge in [-0.05, 0) is 49.2 Å². The van der Waals surface area contributed by atoms with E-state index in [2.05, 4.69) is 10.2 Å². The van der Waals surface area contributed by atoms with Crippen molar-refractivity contribution in [3.05, 3.63) is 64.7 Å². The van der Waals surface area contributed by atoms with Crippen molar-refractivity contribution in [3.63, 3.8) is 0 Å². The van der Waals surface area contributed by atoms with Crippen molar-refractivity contribution in [2.24, 2.45) is 0 Å². The van der Waals surface area contributed by atoms with E-state index in [0.29, 0.717) is 0 Å². The van der Waals surface area contributed by atoms with Crippen LogP contribution in [0.25, 0.3) is 0 Å². The molecule has 222 valence electrons. The lowest BCUT2D eigenvalue weighted by molar-refractivity contribution is -0.426. The molecule has 41 heavy (non-hydrogen) atoms. The smallest absolute Gasteiger partial charge is 0.287 e. The van der Waals surface area contributed by atoms with Crippen LogP contribution in [0.2, 0.25) is 0 Å². The zero-order valence-corrected chi connectivity index (χ0v) is 22.3. The highest BCUT2D eigenvalue weighted by atomic mass is 16.6. The van der Waals surface area contributed by atoms with E-state index in [1.54, 1.807) is 5.32 Å². The van der Waals surface area contributed by atoms with Crippen LogP contribution in [-0.4, -0.2) is 101 Å². The molecule has 0 bridgehead atoms. The highest BCUT2D eigenvalue weighted by molar-refractivity contribution is 6.04. The third-order valence-corrected chi connectivity index (χ3v) is 7.51. The third-order valence-electron chi connectivity index (χ3n) is 7.51. The van der Waals surface area contributed by atoms with E-state index in [4.69, 9.17) is 0 Å². The van der Waals surface area contributed by atoms with E-state index in [0.717, 1.165) is 56.7 Å². The summed E-state index contributed by atoms with van der Waals surface area (Å²) in [6.07, 6.45) is 2.69. The predicted octanol–water partition coefficient (Wildman–Crippen LogP) is -2.17. The minimum absolute atomic E-state index is 0.0276. The molecule has 1 fully saturated rings. The number of nitrogens with zero attached hydrogens (tertiary/aromatic N) is 2. The summed E-state index contributed by atoms with van der Waals surface area (Å²) >= 11 is 0. The number of nitrogens with one attached hydrogen (secondary N) is 2. The summed E-state index contributed by atoms with van der Waals surface area (Å²) in [6.45, 7) is 2.96. The first kappa shape index (κ1) is 30.5. The zero-order chi connectivity index (χ0) is 30.2. The molecular formula is C27H34N4O10. The summed E-state index contributed by atoms with van der Waals surface area (Å²) in [4.78, 5) is 39.2. The van der Waals surface area contributed by atoms with Crippen molar-refractivity contribution in [2.45, 2.75) is 55.6 Å². The highest BCUT2D eigenvalue weighted by Crippen LogP contribution is 2.47. The van der Waals surface area contributed by atoms with Gasteiger partial charge in [0, 0.05) is 25.8 Å². The predicted molar refractivity (Wildman–Crippen MR) is 141 cm³/mol. The third kappa shape index (κ3) is 5.09. The van der Waals surface area contributed by atoms with Crippen LogP contribution in [0, 0.1) is 0 Å². The molecule has 2 aliphatic rings. The topological polar surface area (TPSA) is 223 Å². The molecule has 0 saturated carbocycles. The Morgan fingerprint density at radius 2 is 1.63 bits per heavy atom. The Labute approximate surface area is 235 Å². The Hall–Kier alpha value is -3.47. The average Bonchev–Trinajstić information content (AvgIpc) is 3.16. The maximum atomic E-state index is 13.4. The number of amides is 2. The van der Waals surface area contributed by atoms with E-state index in [1.807, 2.05) is 24.3 Å². The minimum atomic E-state index is -4.56. The largest absolute Gasteiger partial charge is 0.380 e. The maximum Gasteiger partial charge on any atom is 0.287 e. The van der Waals surface area contributed by atoms with Crippen molar-refractivity contribution in [1.29, 1.82) is 0 Å². The summed E-state index contributed by atoms with van der Waals surface area (Å²) in [5, 5.41) is 79.1. The second-order valence-corrected chi connectivity index (χ2v) is 10.3. The fourth-order valence-electron chi connectivity index (χ4n) is 5.33. The van der Waals surface area contributed by atoms with Crippen LogP contribution in [-0.2, 0) is 28.6 Å². The molecule has 0 aliphatic carbocycles. The normalized spacial score (nSPS) is 18.9. The number of aldehydes is 1. The number of anilines is 1. The van der Waals surface area contributed by atoms with Gasteiger partial charge in [-0.3, -0.25) is 19.3 Å². The molecule has 0 spiro atoms. The number of carbonyl (C=O) groups excluding carboxylic acids is 3. The Kier molecular flexibility index (Phi) is 8.23. The Morgan fingerprint density at radius 1 is 1.00 bits per heavy atom. The van der Waals surface area contributed by atoms with Gasteiger partial charge in [0.2, 0.25) is 0 Å². The summed E-state index contributed by atoms with van der Waals surface area (Å²) in [5.74, 6) is -15.8. The van der Waals surface area contributed by atoms with Gasteiger partial charge in [-0.25, -0.2) is 4.90 Å². The highest BCUT2D eigenvalue weighted by Gasteiger charge is 2.74. The van der Waals surface area contributed by atoms with Gasteiger partial charge in [0.15, 0.2) is 6.29 Å². The lowest BCUT2D eigenvalue weighted by Crippen LogP contribution is -2.81. The summed E-state index contributed by atoms with van der Waals surface area (Å²) < 4.78 is 0. The first-order valence-electron chi connectivity index (χ1n) is 13.0. The van der Waals surface area contributed by atoms with Crippen LogP contribution < -0.4 is 10.6 Å². The van der Waals surface area contributed by atoms with Crippen LogP contribution in [0.15, 0.2) is 42.5 Å². The Morgan fingerprint density at radius 3 is 2.27 bits per heavy atom. The van der Waals surface area contributed by atoms with Crippen LogP contribution in [0.1, 0.15) is 46.3 Å². The number of piperidine rings is 1. The molecule has 2 aromatic carbocycles. The molecule has 4 rings (SSSR count). The van der Waals surface area contributed by atoms with E-state index in [1.165, 1.54) is 18.6 Å². The SMILES string of the molecule is CNC(=O)C(O)(N1C(=O)c2cccc(NCc3cccc(CN4CCCCC4)c3)c2C1(O)O)C(O)(O)C(O)(O)C=O. The molecule has 2 heterocycles. The van der Waals surface area contributed by atoms with Crippen LogP contribution >= 0.6 is 0 Å². The van der Waals surface area contributed by atoms with E-state index in [9.17, 15) is 50.1 Å². The van der Waals surface area contributed by atoms with Gasteiger partial charge in [0.25, 0.3) is 35.0 Å². The van der Waals surface area contributed by atoms with Crippen LogP contribution in [0.5, 0.6) is 0 Å².